The Balaban J connectivity index is 1.60. The normalized spacial score (nSPS) is 34.7. The third-order valence-electron chi connectivity index (χ3n) is 12.8. The van der Waals surface area contributed by atoms with E-state index in [4.69, 9.17) is 61.1 Å². The van der Waals surface area contributed by atoms with E-state index in [1.807, 2.05) is 46.8 Å². The number of cyclic esters (lactones) is 1. The summed E-state index contributed by atoms with van der Waals surface area (Å²) < 4.78 is 48.0. The third-order valence-corrected chi connectivity index (χ3v) is 13.5. The molecule has 2 saturated heterocycles. The molecule has 4 rings (SSSR count). The molecule has 3 heterocycles. The molecule has 3 aliphatic heterocycles. The van der Waals surface area contributed by atoms with Gasteiger partial charge in [-0.25, -0.2) is 9.59 Å². The Kier molecular flexibility index (Phi) is 22.3. The summed E-state index contributed by atoms with van der Waals surface area (Å²) in [4.78, 5) is 40.4. The molecule has 13 unspecified atom stereocenters. The van der Waals surface area contributed by atoms with E-state index in [0.717, 1.165) is 0 Å². The summed E-state index contributed by atoms with van der Waals surface area (Å²) >= 11 is 12.3. The Morgan fingerprint density at radius 2 is 1.59 bits per heavy atom. The molecule has 0 radical (unpaired) electrons. The molecule has 1 aromatic rings. The Bertz CT molecular complexity index is 2180. The lowest BCUT2D eigenvalue weighted by Crippen LogP contribution is -2.64. The number of aliphatic hydroxyl groups excluding tert-OH is 4. The quantitative estimate of drug-likeness (QED) is 0.0818. The number of rotatable bonds is 14. The van der Waals surface area contributed by atoms with Crippen molar-refractivity contribution in [3.8, 4) is 11.5 Å². The van der Waals surface area contributed by atoms with Gasteiger partial charge in [0.25, 0.3) is 0 Å². The van der Waals surface area contributed by atoms with E-state index >= 15 is 0 Å². The summed E-state index contributed by atoms with van der Waals surface area (Å²) in [6, 6.07) is 0. The van der Waals surface area contributed by atoms with Gasteiger partial charge in [-0.3, -0.25) is 4.79 Å². The highest BCUT2D eigenvalue weighted by Gasteiger charge is 2.52. The molecular weight excluding hydrogens is 967 g/mol. The van der Waals surface area contributed by atoms with Gasteiger partial charge in [0.2, 0.25) is 0 Å². The van der Waals surface area contributed by atoms with Gasteiger partial charge < -0.3 is 68.5 Å². The van der Waals surface area contributed by atoms with Crippen LogP contribution in [0.5, 0.6) is 11.5 Å². The number of phenolic OH excluding ortho intramolecular Hbond substituents is 2. The van der Waals surface area contributed by atoms with Crippen LogP contribution < -0.4 is 0 Å². The molecule has 3 aliphatic rings. The highest BCUT2D eigenvalue weighted by molar-refractivity contribution is 6.39. The molecule has 0 amide bonds. The fraction of sp³-hybridized carbons (Fsp3) is 0.635. The minimum atomic E-state index is -1.57. The zero-order chi connectivity index (χ0) is 53.2. The Labute approximate surface area is 427 Å². The summed E-state index contributed by atoms with van der Waals surface area (Å²) in [5.74, 6) is -3.98. The van der Waals surface area contributed by atoms with Crippen molar-refractivity contribution in [2.45, 2.75) is 181 Å². The van der Waals surface area contributed by atoms with Crippen molar-refractivity contribution in [3.63, 3.8) is 0 Å². The molecule has 0 spiro atoms. The molecule has 6 N–H and O–H groups in total. The number of methoxy groups -OCH3 is 1. The molecular formula is C52H74Cl2O17. The van der Waals surface area contributed by atoms with E-state index in [0.29, 0.717) is 29.7 Å². The van der Waals surface area contributed by atoms with Crippen molar-refractivity contribution in [2.75, 3.05) is 20.3 Å². The lowest BCUT2D eigenvalue weighted by molar-refractivity contribution is -0.338. The molecule has 0 bridgehead atoms. The number of Topliss-reactive ketones (excluding diaryl/α,β-unsaturated/α-hetero) is 1. The molecule has 398 valence electrons. The Morgan fingerprint density at radius 3 is 2.20 bits per heavy atom. The van der Waals surface area contributed by atoms with Gasteiger partial charge >= 0.3 is 11.9 Å². The number of esters is 2. The first-order valence-electron chi connectivity index (χ1n) is 24.0. The van der Waals surface area contributed by atoms with Crippen molar-refractivity contribution in [2.24, 2.45) is 11.8 Å². The number of carbonyl (C=O) groups excluding carboxylic acids is 3. The number of hydrogen-bond acceptors (Lipinski definition) is 17. The maximum atomic E-state index is 13.9. The van der Waals surface area contributed by atoms with Gasteiger partial charge in [0.15, 0.2) is 42.1 Å². The van der Waals surface area contributed by atoms with Gasteiger partial charge in [0.05, 0.1) is 41.1 Å². The fourth-order valence-electron chi connectivity index (χ4n) is 8.66. The lowest BCUT2D eigenvalue weighted by atomic mass is 9.88. The van der Waals surface area contributed by atoms with Crippen LogP contribution in [0.4, 0.5) is 0 Å². The summed E-state index contributed by atoms with van der Waals surface area (Å²) in [5.41, 5.74) is 0.588. The number of allylic oxidation sites excluding steroid dienone is 4. The lowest BCUT2D eigenvalue weighted by Gasteiger charge is -2.48. The number of hydrogen-bond donors (Lipinski definition) is 6. The first-order chi connectivity index (χ1) is 33.3. The average Bonchev–Trinajstić information content (AvgIpc) is 3.30. The summed E-state index contributed by atoms with van der Waals surface area (Å²) in [7, 11) is 1.26. The number of ketones is 1. The molecule has 0 saturated carbocycles. The minimum absolute atomic E-state index is 0.00142. The minimum Gasteiger partial charge on any atom is -0.505 e. The van der Waals surface area contributed by atoms with Crippen molar-refractivity contribution in [1.29, 1.82) is 0 Å². The molecule has 17 nitrogen and oxygen atoms in total. The van der Waals surface area contributed by atoms with E-state index in [2.05, 4.69) is 0 Å². The molecule has 71 heavy (non-hydrogen) atoms. The second-order valence-electron chi connectivity index (χ2n) is 19.3. The van der Waals surface area contributed by atoms with Crippen molar-refractivity contribution in [1.82, 2.24) is 0 Å². The number of aliphatic hydroxyl groups is 4. The van der Waals surface area contributed by atoms with Crippen LogP contribution in [0, 0.1) is 11.8 Å². The predicted octanol–water partition coefficient (Wildman–Crippen LogP) is 6.92. The number of phenols is 2. The standard InChI is InChI=1S/C52H74Cl2O17/c1-13-31-22-27(6)34(56)18-16-15-17-32(24-66-51-46(64-12)43(61)45(30(9)67-51)69-49(63)36-33(14-2)37(53)40(58)38(54)39(36)57)48(62)68-35(29(8)55)20-19-26(5)21-28(7)44(31)70-50-42(60)41(59)47(52(10,11)71-50)65-23-25(3)4/h15-17,19,21-22,25,30-31,34-35,41-47,50-51,56-61H,13-14,18,20,23-24H2,1-12H3/b16-15+,26-19+,27-22+,28-21+,32-17+. The number of carbonyl (C=O) groups is 3. The first-order valence-corrected chi connectivity index (χ1v) is 24.7. The van der Waals surface area contributed by atoms with Crippen molar-refractivity contribution < 1.29 is 82.9 Å². The SMILES string of the molecule is CCc1c(Cl)c(O)c(Cl)c(O)c1C(=O)OC1C(C)OC(OC/C2=C\C=C\CC(O)/C(C)=C/C(CC)C(OC3OC(C)(C)C(OCC(C)C)C(O)C3O)/C(C)=C/C(C)=C/CC(C(C)=O)OC2=O)C(OC)C1O. The fourth-order valence-corrected chi connectivity index (χ4v) is 9.22. The molecule has 0 aliphatic carbocycles. The monoisotopic (exact) mass is 1040 g/mol. The Hall–Kier alpha value is -3.69. The molecule has 0 aromatic heterocycles. The summed E-state index contributed by atoms with van der Waals surface area (Å²) in [6.45, 7) is 19.2. The van der Waals surface area contributed by atoms with E-state index in [1.54, 1.807) is 39.8 Å². The summed E-state index contributed by atoms with van der Waals surface area (Å²) in [6.07, 6.45) is -3.56. The third kappa shape index (κ3) is 15.0. The van der Waals surface area contributed by atoms with E-state index in [1.165, 1.54) is 33.1 Å². The number of halogens is 2. The van der Waals surface area contributed by atoms with E-state index in [-0.39, 0.29) is 47.3 Å². The van der Waals surface area contributed by atoms with Gasteiger partial charge in [-0.1, -0.05) is 86.9 Å². The number of benzene rings is 1. The van der Waals surface area contributed by atoms with Crippen LogP contribution in [0.1, 0.15) is 111 Å². The van der Waals surface area contributed by atoms with Crippen LogP contribution in [0.15, 0.2) is 58.7 Å². The topological polar surface area (TPSA) is 246 Å². The second kappa shape index (κ2) is 26.5. The number of ether oxygens (including phenoxy) is 8. The maximum Gasteiger partial charge on any atom is 0.342 e. The van der Waals surface area contributed by atoms with Crippen LogP contribution in [0.25, 0.3) is 0 Å². The number of aromatic hydroxyl groups is 2. The van der Waals surface area contributed by atoms with Gasteiger partial charge in [0.1, 0.15) is 41.1 Å². The second-order valence-corrected chi connectivity index (χ2v) is 20.1. The van der Waals surface area contributed by atoms with Crippen molar-refractivity contribution in [3.05, 3.63) is 79.9 Å². The average molecular weight is 1040 g/mol. The zero-order valence-corrected chi connectivity index (χ0v) is 44.2. The highest BCUT2D eigenvalue weighted by Crippen LogP contribution is 2.45. The van der Waals surface area contributed by atoms with Crippen LogP contribution in [0.2, 0.25) is 10.0 Å². The predicted molar refractivity (Wildman–Crippen MR) is 264 cm³/mol. The zero-order valence-electron chi connectivity index (χ0n) is 42.7. The van der Waals surface area contributed by atoms with Gasteiger partial charge in [-0.15, -0.1) is 0 Å². The highest BCUT2D eigenvalue weighted by atomic mass is 35.5. The molecule has 13 atom stereocenters. The van der Waals surface area contributed by atoms with Crippen LogP contribution in [0.3, 0.4) is 0 Å². The van der Waals surface area contributed by atoms with Gasteiger partial charge in [-0.05, 0) is 96.4 Å². The molecule has 1 aromatic carbocycles. The maximum absolute atomic E-state index is 13.9. The molecule has 2 fully saturated rings. The largest absolute Gasteiger partial charge is 0.505 e. The summed E-state index contributed by atoms with van der Waals surface area (Å²) in [5, 5.41) is 65.6. The van der Waals surface area contributed by atoms with Crippen molar-refractivity contribution >= 4 is 40.9 Å². The smallest absolute Gasteiger partial charge is 0.342 e. The van der Waals surface area contributed by atoms with Gasteiger partial charge in [-0.2, -0.15) is 0 Å². The van der Waals surface area contributed by atoms with Crippen LogP contribution in [-0.2, 0) is 53.9 Å². The first kappa shape index (κ1) is 59.9. The Morgan fingerprint density at radius 1 is 0.915 bits per heavy atom. The molecule has 19 heteroatoms. The van der Waals surface area contributed by atoms with Crippen LogP contribution >= 0.6 is 23.2 Å². The van der Waals surface area contributed by atoms with Gasteiger partial charge in [0, 0.05) is 26.1 Å². The van der Waals surface area contributed by atoms with Crippen LogP contribution in [-0.4, -0.2) is 148 Å². The van der Waals surface area contributed by atoms with E-state index < -0.39 is 126 Å². The van der Waals surface area contributed by atoms with E-state index in [9.17, 15) is 45.0 Å².